The minimum atomic E-state index is 0.737. The number of benzene rings is 3. The summed E-state index contributed by atoms with van der Waals surface area (Å²) in [5, 5.41) is 0. The van der Waals surface area contributed by atoms with Gasteiger partial charge in [-0.3, -0.25) is 0 Å². The molecule has 3 rings (SSSR count). The highest BCUT2D eigenvalue weighted by Crippen LogP contribution is 2.41. The molecule has 0 N–H and O–H groups in total. The summed E-state index contributed by atoms with van der Waals surface area (Å²) in [4.78, 5) is 3.93. The monoisotopic (exact) mass is 325 g/mol. The smallest absolute Gasteiger partial charge is 0.202 e. The lowest BCUT2D eigenvalue weighted by molar-refractivity contribution is 1.37. The SMILES string of the molecule is [C-]#[N+]c1c(-c2cc(C)cc(C)c2)cc(C)cc1-c1cc(C)cc(C)c1. The van der Waals surface area contributed by atoms with Crippen molar-refractivity contribution in [3.05, 3.63) is 87.8 Å². The van der Waals surface area contributed by atoms with Crippen molar-refractivity contribution >= 4 is 5.69 Å². The highest BCUT2D eigenvalue weighted by molar-refractivity contribution is 5.92. The molecule has 0 radical (unpaired) electrons. The molecule has 3 aromatic carbocycles. The molecule has 0 saturated carbocycles. The van der Waals surface area contributed by atoms with E-state index in [0.29, 0.717) is 0 Å². The third-order valence-corrected chi connectivity index (χ3v) is 4.43. The first-order valence-corrected chi connectivity index (χ1v) is 8.57. The summed E-state index contributed by atoms with van der Waals surface area (Å²) >= 11 is 0. The summed E-state index contributed by atoms with van der Waals surface area (Å²) in [5.74, 6) is 0. The van der Waals surface area contributed by atoms with Crippen LogP contribution in [0, 0.1) is 41.2 Å². The number of rotatable bonds is 2. The van der Waals surface area contributed by atoms with Gasteiger partial charge < -0.3 is 0 Å². The molecule has 1 nitrogen and oxygen atoms in total. The molecule has 0 atom stereocenters. The lowest BCUT2D eigenvalue weighted by Crippen LogP contribution is -1.89. The van der Waals surface area contributed by atoms with Gasteiger partial charge in [0.25, 0.3) is 0 Å². The third kappa shape index (κ3) is 3.49. The number of aryl methyl sites for hydroxylation is 5. The second-order valence-electron chi connectivity index (χ2n) is 7.07. The van der Waals surface area contributed by atoms with Crippen molar-refractivity contribution < 1.29 is 0 Å². The Morgan fingerprint density at radius 3 is 1.16 bits per heavy atom. The van der Waals surface area contributed by atoms with Crippen LogP contribution < -0.4 is 0 Å². The highest BCUT2D eigenvalue weighted by Gasteiger charge is 2.14. The van der Waals surface area contributed by atoms with E-state index in [9.17, 15) is 0 Å². The Hall–Kier alpha value is -2.85. The molecule has 0 bridgehead atoms. The Labute approximate surface area is 150 Å². The van der Waals surface area contributed by atoms with Gasteiger partial charge in [0.15, 0.2) is 0 Å². The van der Waals surface area contributed by atoms with E-state index in [1.807, 2.05) is 0 Å². The van der Waals surface area contributed by atoms with Gasteiger partial charge in [-0.05, 0) is 56.9 Å². The predicted octanol–water partition coefficient (Wildman–Crippen LogP) is 7.11. The number of hydrogen-bond donors (Lipinski definition) is 0. The second-order valence-corrected chi connectivity index (χ2v) is 7.07. The molecular weight excluding hydrogens is 302 g/mol. The van der Waals surface area contributed by atoms with E-state index >= 15 is 0 Å². The zero-order valence-electron chi connectivity index (χ0n) is 15.6. The van der Waals surface area contributed by atoms with Crippen LogP contribution in [0.3, 0.4) is 0 Å². The largest absolute Gasteiger partial charge is 0.237 e. The average Bonchev–Trinajstić information content (AvgIpc) is 2.52. The zero-order valence-corrected chi connectivity index (χ0v) is 15.6. The van der Waals surface area contributed by atoms with Crippen LogP contribution in [0.4, 0.5) is 5.69 Å². The zero-order chi connectivity index (χ0) is 18.1. The topological polar surface area (TPSA) is 4.36 Å². The van der Waals surface area contributed by atoms with Gasteiger partial charge in [0, 0.05) is 0 Å². The predicted molar refractivity (Wildman–Crippen MR) is 107 cm³/mol. The molecule has 25 heavy (non-hydrogen) atoms. The fraction of sp³-hybridized carbons (Fsp3) is 0.208. The molecule has 0 aliphatic carbocycles. The average molecular weight is 325 g/mol. The van der Waals surface area contributed by atoms with Crippen molar-refractivity contribution in [2.24, 2.45) is 0 Å². The Kier molecular flexibility index (Phi) is 4.47. The van der Waals surface area contributed by atoms with Crippen molar-refractivity contribution in [2.45, 2.75) is 34.6 Å². The standard InChI is InChI=1S/C24H23N/c1-15-7-16(2)10-20(9-15)22-13-19(5)14-23(24(22)25-6)21-11-17(3)8-18(4)12-21/h7-14H,1-5H3. The van der Waals surface area contributed by atoms with Crippen LogP contribution in [-0.4, -0.2) is 0 Å². The minimum Gasteiger partial charge on any atom is -0.237 e. The molecular formula is C24H23N. The summed E-state index contributed by atoms with van der Waals surface area (Å²) in [7, 11) is 0. The second kappa shape index (κ2) is 6.57. The Bertz CT molecular complexity index is 890. The molecule has 1 heteroatoms. The molecule has 0 saturated heterocycles. The van der Waals surface area contributed by atoms with Gasteiger partial charge in [-0.15, -0.1) is 0 Å². The Morgan fingerprint density at radius 2 is 0.840 bits per heavy atom. The van der Waals surface area contributed by atoms with Crippen molar-refractivity contribution in [3.63, 3.8) is 0 Å². The summed E-state index contributed by atoms with van der Waals surface area (Å²) in [5.41, 5.74) is 11.1. The molecule has 124 valence electrons. The van der Waals surface area contributed by atoms with Gasteiger partial charge in [-0.25, -0.2) is 4.85 Å². The van der Waals surface area contributed by atoms with Gasteiger partial charge in [-0.2, -0.15) is 0 Å². The molecule has 0 amide bonds. The first kappa shape index (κ1) is 17.0. The maximum atomic E-state index is 7.83. The third-order valence-electron chi connectivity index (χ3n) is 4.43. The van der Waals surface area contributed by atoms with E-state index in [4.69, 9.17) is 6.57 Å². The van der Waals surface area contributed by atoms with E-state index in [-0.39, 0.29) is 0 Å². The molecule has 0 aromatic heterocycles. The first-order chi connectivity index (χ1) is 11.9. The summed E-state index contributed by atoms with van der Waals surface area (Å²) in [6.45, 7) is 18.4. The van der Waals surface area contributed by atoms with Crippen LogP contribution >= 0.6 is 0 Å². The fourth-order valence-electron chi connectivity index (χ4n) is 3.60. The van der Waals surface area contributed by atoms with E-state index in [0.717, 1.165) is 27.9 Å². The van der Waals surface area contributed by atoms with Crippen molar-refractivity contribution in [1.82, 2.24) is 0 Å². The maximum absolute atomic E-state index is 7.83. The van der Waals surface area contributed by atoms with Crippen LogP contribution in [0.2, 0.25) is 0 Å². The van der Waals surface area contributed by atoms with E-state index in [2.05, 4.69) is 88.0 Å². The molecule has 0 aliphatic heterocycles. The molecule has 0 spiro atoms. The van der Waals surface area contributed by atoms with Gasteiger partial charge in [-0.1, -0.05) is 76.3 Å². The van der Waals surface area contributed by atoms with Crippen molar-refractivity contribution in [2.75, 3.05) is 0 Å². The van der Waals surface area contributed by atoms with Crippen LogP contribution in [0.15, 0.2) is 48.5 Å². The normalized spacial score (nSPS) is 10.6. The molecule has 0 aliphatic rings. The van der Waals surface area contributed by atoms with Gasteiger partial charge >= 0.3 is 0 Å². The van der Waals surface area contributed by atoms with Crippen molar-refractivity contribution in [3.8, 4) is 22.3 Å². The molecule has 0 fully saturated rings. The molecule has 3 aromatic rings. The van der Waals surface area contributed by atoms with Crippen molar-refractivity contribution in [1.29, 1.82) is 0 Å². The lowest BCUT2D eigenvalue weighted by atomic mass is 9.91. The van der Waals surface area contributed by atoms with E-state index in [1.165, 1.54) is 27.8 Å². The molecule has 0 unspecified atom stereocenters. The number of nitrogens with zero attached hydrogens (tertiary/aromatic N) is 1. The van der Waals surface area contributed by atoms with Crippen LogP contribution in [0.5, 0.6) is 0 Å². The summed E-state index contributed by atoms with van der Waals surface area (Å²) < 4.78 is 0. The van der Waals surface area contributed by atoms with Gasteiger partial charge in [0.2, 0.25) is 5.69 Å². The molecule has 0 heterocycles. The summed E-state index contributed by atoms with van der Waals surface area (Å²) in [6, 6.07) is 17.3. The van der Waals surface area contributed by atoms with Crippen LogP contribution in [-0.2, 0) is 0 Å². The van der Waals surface area contributed by atoms with Gasteiger partial charge in [0.1, 0.15) is 0 Å². The van der Waals surface area contributed by atoms with Crippen LogP contribution in [0.25, 0.3) is 27.1 Å². The highest BCUT2D eigenvalue weighted by atomic mass is 14.7. The van der Waals surface area contributed by atoms with E-state index in [1.54, 1.807) is 0 Å². The Balaban J connectivity index is 2.32. The number of hydrogen-bond acceptors (Lipinski definition) is 0. The first-order valence-electron chi connectivity index (χ1n) is 8.57. The maximum Gasteiger partial charge on any atom is 0.202 e. The lowest BCUT2D eigenvalue weighted by Gasteiger charge is -2.14. The van der Waals surface area contributed by atoms with E-state index < -0.39 is 0 Å². The fourth-order valence-corrected chi connectivity index (χ4v) is 3.60. The Morgan fingerprint density at radius 1 is 0.520 bits per heavy atom. The minimum absolute atomic E-state index is 0.737. The van der Waals surface area contributed by atoms with Gasteiger partial charge in [0.05, 0.1) is 6.57 Å². The quantitative estimate of drug-likeness (QED) is 0.442. The summed E-state index contributed by atoms with van der Waals surface area (Å²) in [6.07, 6.45) is 0. The van der Waals surface area contributed by atoms with Crippen LogP contribution in [0.1, 0.15) is 27.8 Å².